The number of hydrogen-bond donors (Lipinski definition) is 1. The largest absolute Gasteiger partial charge is 0.398 e. The smallest absolute Gasteiger partial charge is 0.164 e. The van der Waals surface area contributed by atoms with Crippen molar-refractivity contribution in [2.75, 3.05) is 5.73 Å². The average molecular weight is 971 g/mol. The summed E-state index contributed by atoms with van der Waals surface area (Å²) < 4.78 is 2.55. The summed E-state index contributed by atoms with van der Waals surface area (Å²) in [5.74, 6) is 1.85. The Hall–Kier alpha value is -8.42. The molecule has 2 bridgehead atoms. The van der Waals surface area contributed by atoms with E-state index in [1.807, 2.05) is 41.3 Å². The van der Waals surface area contributed by atoms with Crippen LogP contribution in [-0.2, 0) is 6.42 Å². The molecule has 4 nitrogen and oxygen atoms in total. The molecule has 0 spiro atoms. The van der Waals surface area contributed by atoms with Crippen LogP contribution in [-0.4, -0.2) is 15.0 Å². The van der Waals surface area contributed by atoms with Gasteiger partial charge in [0.25, 0.3) is 0 Å². The van der Waals surface area contributed by atoms with Gasteiger partial charge in [-0.1, -0.05) is 189 Å². The van der Waals surface area contributed by atoms with Crippen LogP contribution in [0.3, 0.4) is 0 Å². The van der Waals surface area contributed by atoms with Crippen LogP contribution in [0.1, 0.15) is 35.3 Å². The van der Waals surface area contributed by atoms with Gasteiger partial charge in [-0.2, -0.15) is 0 Å². The van der Waals surface area contributed by atoms with Gasteiger partial charge in [-0.15, -0.1) is 23.1 Å². The van der Waals surface area contributed by atoms with Gasteiger partial charge in [-0.25, -0.2) is 15.0 Å². The Morgan fingerprint density at radius 2 is 0.959 bits per heavy atom. The number of anilines is 1. The topological polar surface area (TPSA) is 64.7 Å². The highest BCUT2D eigenvalue weighted by Gasteiger charge is 2.28. The minimum atomic E-state index is 0.290. The second kappa shape index (κ2) is 17.7. The number of para-hydroxylation sites is 1. The Bertz CT molecular complexity index is 4170. The van der Waals surface area contributed by atoms with Gasteiger partial charge < -0.3 is 5.73 Å². The van der Waals surface area contributed by atoms with Crippen LogP contribution in [0.5, 0.6) is 0 Å². The number of nitrogens with zero attached hydrogens (tertiary/aromatic N) is 3. The second-order valence-electron chi connectivity index (χ2n) is 19.0. The zero-order valence-corrected chi connectivity index (χ0v) is 41.6. The third-order valence-electron chi connectivity index (χ3n) is 14.8. The minimum absolute atomic E-state index is 0.290. The van der Waals surface area contributed by atoms with E-state index in [2.05, 4.69) is 207 Å². The predicted octanol–water partition coefficient (Wildman–Crippen LogP) is 18.3. The van der Waals surface area contributed by atoms with E-state index in [4.69, 9.17) is 20.7 Å². The lowest BCUT2D eigenvalue weighted by Gasteiger charge is -2.29. The summed E-state index contributed by atoms with van der Waals surface area (Å²) in [5.41, 5.74) is 28.3. The highest BCUT2D eigenvalue weighted by Crippen LogP contribution is 2.54. The first-order valence-electron chi connectivity index (χ1n) is 25.0. The van der Waals surface area contributed by atoms with E-state index in [0.29, 0.717) is 17.5 Å². The summed E-state index contributed by atoms with van der Waals surface area (Å²) >= 11 is 3.84. The molecule has 346 valence electrons. The number of hydrogen-bond acceptors (Lipinski definition) is 6. The van der Waals surface area contributed by atoms with Gasteiger partial charge in [0.2, 0.25) is 0 Å². The summed E-state index contributed by atoms with van der Waals surface area (Å²) in [6, 6.07) is 79.0. The van der Waals surface area contributed by atoms with Crippen LogP contribution in [0.15, 0.2) is 223 Å². The molecule has 0 saturated heterocycles. The molecule has 0 fully saturated rings. The molecule has 3 heterocycles. The van der Waals surface area contributed by atoms with E-state index in [-0.39, 0.29) is 5.25 Å². The third-order valence-corrected chi connectivity index (χ3v) is 17.5. The maximum atomic E-state index is 7.13. The fraction of sp³-hybridized carbons (Fsp3) is 0.0597. The Balaban J connectivity index is 1.01. The van der Waals surface area contributed by atoms with E-state index in [9.17, 15) is 0 Å². The molecule has 2 aromatic heterocycles. The van der Waals surface area contributed by atoms with Gasteiger partial charge in [0, 0.05) is 63.8 Å². The van der Waals surface area contributed by atoms with Crippen molar-refractivity contribution in [1.29, 1.82) is 0 Å². The molecule has 10 aromatic carbocycles. The molecule has 1 unspecified atom stereocenters. The molecule has 6 heteroatoms. The molecule has 12 aromatic rings. The van der Waals surface area contributed by atoms with Crippen molar-refractivity contribution in [1.82, 2.24) is 15.0 Å². The summed E-state index contributed by atoms with van der Waals surface area (Å²) in [4.78, 5) is 17.6. The number of nitrogens with two attached hydrogens (primary N) is 1. The number of fused-ring (bicyclic) bond motifs is 14. The molecule has 73 heavy (non-hydrogen) atoms. The molecule has 1 atom stereocenters. The van der Waals surface area contributed by atoms with Gasteiger partial charge in [0.1, 0.15) is 0 Å². The fourth-order valence-corrected chi connectivity index (χ4v) is 13.9. The summed E-state index contributed by atoms with van der Waals surface area (Å²) in [6.45, 7) is 2.31. The van der Waals surface area contributed by atoms with Crippen LogP contribution in [0.2, 0.25) is 0 Å². The molecular weight excluding hydrogens is 925 g/mol. The highest BCUT2D eigenvalue weighted by atomic mass is 32.2. The molecule has 1 aliphatic heterocycles. The van der Waals surface area contributed by atoms with Crippen LogP contribution >= 0.6 is 23.1 Å². The second-order valence-corrected chi connectivity index (χ2v) is 21.3. The molecule has 14 rings (SSSR count). The SMILES string of the molecule is CCC1Sc2ccccc2-c2cccc(-c3cc(-c4nc(-c5ccccc5)nc(-c5ccc6c(c5)-c5ccccc5-c5cccc(c5N)-c5ccccc5C6)n4)cc(-c4cccc5c4sc4ccccc45)c3)c21. The lowest BCUT2D eigenvalue weighted by molar-refractivity contribution is 0.892. The highest BCUT2D eigenvalue weighted by molar-refractivity contribution is 7.99. The standard InChI is InChI=1S/C67H46N4S2/c1-2-59-62-48(25-14-27-54(62)52-23-10-12-31-60(52)72-59)44-36-45(49-26-15-30-57-53-24-11-13-32-61(53)73-64(49)57)38-46(37-44)67-70-65(40-17-4-3-5-18-40)69-66(71-67)43-34-33-42-35-41-19-6-7-20-47(41)55-28-16-29-56(63(55)68)50-21-8-9-22-51(50)58(42)39-43/h3-34,36-39,59H,2,35,68H2,1H3. The third kappa shape index (κ3) is 7.39. The maximum absolute atomic E-state index is 7.13. The van der Waals surface area contributed by atoms with Gasteiger partial charge in [-0.3, -0.25) is 0 Å². The predicted molar refractivity (Wildman–Crippen MR) is 308 cm³/mol. The Morgan fingerprint density at radius 1 is 0.411 bits per heavy atom. The van der Waals surface area contributed by atoms with Crippen molar-refractivity contribution in [2.45, 2.75) is 29.9 Å². The summed E-state index contributed by atoms with van der Waals surface area (Å²) in [6.07, 6.45) is 1.74. The van der Waals surface area contributed by atoms with Crippen LogP contribution in [0, 0.1) is 0 Å². The van der Waals surface area contributed by atoms with Crippen molar-refractivity contribution in [3.05, 3.63) is 235 Å². The average Bonchev–Trinajstić information content (AvgIpc) is 3.84. The summed E-state index contributed by atoms with van der Waals surface area (Å²) in [5, 5.41) is 2.83. The molecular formula is C67H46N4S2. The first-order chi connectivity index (χ1) is 36.0. The Morgan fingerprint density at radius 3 is 1.77 bits per heavy atom. The molecule has 0 radical (unpaired) electrons. The lowest BCUT2D eigenvalue weighted by atomic mass is 9.83. The van der Waals surface area contributed by atoms with E-state index in [1.54, 1.807) is 0 Å². The van der Waals surface area contributed by atoms with Gasteiger partial charge in [0.15, 0.2) is 17.5 Å². The Kier molecular flexibility index (Phi) is 10.5. The van der Waals surface area contributed by atoms with Crippen molar-refractivity contribution in [2.24, 2.45) is 0 Å². The molecule has 2 aliphatic rings. The fourth-order valence-electron chi connectivity index (χ4n) is 11.3. The number of thiophene rings is 1. The molecule has 0 saturated carbocycles. The van der Waals surface area contributed by atoms with Gasteiger partial charge in [-0.05, 0) is 122 Å². The minimum Gasteiger partial charge on any atom is -0.398 e. The zero-order chi connectivity index (χ0) is 48.6. The van der Waals surface area contributed by atoms with E-state index in [1.165, 1.54) is 64.0 Å². The van der Waals surface area contributed by atoms with Crippen LogP contribution < -0.4 is 5.73 Å². The van der Waals surface area contributed by atoms with Gasteiger partial charge >= 0.3 is 0 Å². The number of aromatic nitrogens is 3. The van der Waals surface area contributed by atoms with Crippen molar-refractivity contribution in [3.8, 4) is 101 Å². The van der Waals surface area contributed by atoms with Crippen molar-refractivity contribution < 1.29 is 0 Å². The molecule has 1 aliphatic carbocycles. The molecule has 2 N–H and O–H groups in total. The normalized spacial score (nSPS) is 13.4. The van der Waals surface area contributed by atoms with Crippen molar-refractivity contribution >= 4 is 49.0 Å². The lowest BCUT2D eigenvalue weighted by Crippen LogP contribution is -2.05. The first-order valence-corrected chi connectivity index (χ1v) is 26.7. The monoisotopic (exact) mass is 970 g/mol. The first kappa shape index (κ1) is 43.4. The molecule has 0 amide bonds. The number of nitrogen functional groups attached to an aromatic ring is 1. The van der Waals surface area contributed by atoms with Crippen LogP contribution in [0.4, 0.5) is 5.69 Å². The van der Waals surface area contributed by atoms with E-state index < -0.39 is 0 Å². The van der Waals surface area contributed by atoms with Crippen LogP contribution in [0.25, 0.3) is 121 Å². The van der Waals surface area contributed by atoms with E-state index in [0.717, 1.165) is 79.7 Å². The quantitative estimate of drug-likeness (QED) is 0.168. The van der Waals surface area contributed by atoms with E-state index >= 15 is 0 Å². The van der Waals surface area contributed by atoms with Crippen molar-refractivity contribution in [3.63, 3.8) is 0 Å². The number of benzene rings is 10. The number of rotatable bonds is 6. The number of thioether (sulfide) groups is 1. The summed E-state index contributed by atoms with van der Waals surface area (Å²) in [7, 11) is 0. The van der Waals surface area contributed by atoms with Gasteiger partial charge in [0.05, 0.1) is 0 Å². The zero-order valence-electron chi connectivity index (χ0n) is 40.0. The Labute approximate surface area is 433 Å². The maximum Gasteiger partial charge on any atom is 0.164 e.